The minimum atomic E-state index is -0.159. The van der Waals surface area contributed by atoms with Crippen LogP contribution in [0.2, 0.25) is 24.5 Å². The molecule has 0 aliphatic rings. The van der Waals surface area contributed by atoms with Gasteiger partial charge in [0.25, 0.3) is 0 Å². The number of hydrogen-bond donors (Lipinski definition) is 0. The average Bonchev–Trinajstić information content (AvgIpc) is 1.87. The van der Waals surface area contributed by atoms with Crippen molar-refractivity contribution in [3.05, 3.63) is 0 Å². The molecule has 0 fully saturated rings. The Labute approximate surface area is 79.2 Å². The Morgan fingerprint density at radius 1 is 1.30 bits per heavy atom. The van der Waals surface area contributed by atoms with Crippen molar-refractivity contribution in [3.8, 4) is 0 Å². The Morgan fingerprint density at radius 2 is 2.00 bits per heavy atom. The second-order valence-electron chi connectivity index (χ2n) is 2.03. The molecule has 0 atom stereocenters. The average molecular weight is 208 g/mol. The summed E-state index contributed by atoms with van der Waals surface area (Å²) in [7, 11) is 4.49. The lowest BCUT2D eigenvalue weighted by molar-refractivity contribution is 1.06. The summed E-state index contributed by atoms with van der Waals surface area (Å²) in [5, 5.41) is 0. The van der Waals surface area contributed by atoms with Gasteiger partial charge in [-0.15, -0.1) is 0 Å². The van der Waals surface area contributed by atoms with E-state index in [4.69, 9.17) is 22.9 Å². The maximum absolute atomic E-state index is 5.55. The van der Waals surface area contributed by atoms with Gasteiger partial charge < -0.3 is 0 Å². The highest BCUT2D eigenvalue weighted by Crippen LogP contribution is 2.08. The Hall–Kier alpha value is 1.08. The number of hydrogen-bond acceptors (Lipinski definition) is 0. The molecule has 0 nitrogen and oxygen atoms in total. The molecule has 5 heteroatoms. The lowest BCUT2D eigenvalue weighted by Crippen LogP contribution is -1.94. The van der Waals surface area contributed by atoms with Crippen molar-refractivity contribution in [1.29, 1.82) is 0 Å². The second-order valence-corrected chi connectivity index (χ2v) is 5.31. The van der Waals surface area contributed by atoms with Crippen LogP contribution in [0.3, 0.4) is 0 Å². The molecule has 0 unspecified atom stereocenters. The van der Waals surface area contributed by atoms with Gasteiger partial charge in [0.2, 0.25) is 0 Å². The van der Waals surface area contributed by atoms with E-state index in [1.807, 2.05) is 0 Å². The first-order valence-electron chi connectivity index (χ1n) is 3.41. The first-order valence-corrected chi connectivity index (χ1v) is 6.40. The molecule has 0 rings (SSSR count). The molecule has 0 aromatic heterocycles. The molecule has 0 saturated heterocycles. The molecule has 0 aliphatic heterocycles. The van der Waals surface area contributed by atoms with Crippen molar-refractivity contribution in [2.24, 2.45) is 0 Å². The minimum absolute atomic E-state index is 0.159. The van der Waals surface area contributed by atoms with Gasteiger partial charge in [0.05, 0.1) is 0 Å². The summed E-state index contributed by atoms with van der Waals surface area (Å²) >= 11 is 11.1. The lowest BCUT2D eigenvalue weighted by atomic mass is 9.99. The fraction of sp³-hybridized carbons (Fsp3) is 1.00. The molecule has 0 amide bonds. The Balaban J connectivity index is 2.77. The van der Waals surface area contributed by atoms with Gasteiger partial charge in [-0.1, -0.05) is 24.6 Å². The highest BCUT2D eigenvalue weighted by molar-refractivity contribution is 7.33. The van der Waals surface area contributed by atoms with Gasteiger partial charge in [0, 0.05) is 19.8 Å². The van der Waals surface area contributed by atoms with Gasteiger partial charge in [-0.2, -0.15) is 22.9 Å². The number of halogens is 2. The summed E-state index contributed by atoms with van der Waals surface area (Å²) in [6, 6.07) is 3.68. The van der Waals surface area contributed by atoms with E-state index in [1.165, 1.54) is 18.5 Å². The molecule has 0 aromatic carbocycles. The van der Waals surface area contributed by atoms with E-state index in [0.29, 0.717) is 0 Å². The van der Waals surface area contributed by atoms with E-state index in [9.17, 15) is 0 Å². The van der Waals surface area contributed by atoms with Gasteiger partial charge >= 0.3 is 5.54 Å². The molecule has 0 aromatic rings. The molecule has 0 bridgehead atoms. The Bertz CT molecular complexity index is 72.7. The lowest BCUT2D eigenvalue weighted by Gasteiger charge is -1.96. The molecule has 0 aliphatic carbocycles. The van der Waals surface area contributed by atoms with E-state index in [-0.39, 0.29) is 5.54 Å². The van der Waals surface area contributed by atoms with Crippen LogP contribution in [-0.2, 0) is 0 Å². The first-order chi connectivity index (χ1) is 4.77. The summed E-state index contributed by atoms with van der Waals surface area (Å²) in [5.41, 5.74) is -0.159. The van der Waals surface area contributed by atoms with Gasteiger partial charge in [0.15, 0.2) is 0 Å². The topological polar surface area (TPSA) is 0 Å². The molecule has 5 radical (unpaired) electrons. The van der Waals surface area contributed by atoms with Crippen molar-refractivity contribution in [3.63, 3.8) is 0 Å². The van der Waals surface area contributed by atoms with Gasteiger partial charge in [-0.3, -0.25) is 0 Å². The highest BCUT2D eigenvalue weighted by Gasteiger charge is 2.03. The predicted molar refractivity (Wildman–Crippen MR) is 52.8 cm³/mol. The monoisotopic (exact) mass is 207 g/mol. The van der Waals surface area contributed by atoms with Crippen LogP contribution in [0.15, 0.2) is 0 Å². The summed E-state index contributed by atoms with van der Waals surface area (Å²) < 4.78 is 0. The van der Waals surface area contributed by atoms with E-state index in [2.05, 4.69) is 10.2 Å². The maximum Gasteiger partial charge on any atom is 0.351 e. The predicted octanol–water partition coefficient (Wildman–Crippen LogP) is 2.47. The summed E-state index contributed by atoms with van der Waals surface area (Å²) in [4.78, 5) is 0. The van der Waals surface area contributed by atoms with Gasteiger partial charge in [-0.05, 0) is 6.32 Å². The molecule has 55 valence electrons. The standard InChI is InChI=1S/C5H10BCl2Si2/c7-6(8)2-1-4-10-5-3-9/h1-5H2. The van der Waals surface area contributed by atoms with Crippen molar-refractivity contribution in [2.75, 3.05) is 0 Å². The fourth-order valence-electron chi connectivity index (χ4n) is 0.595. The zero-order valence-electron chi connectivity index (χ0n) is 5.87. The normalized spacial score (nSPS) is 9.90. The third-order valence-corrected chi connectivity index (χ3v) is 3.57. The van der Waals surface area contributed by atoms with Crippen molar-refractivity contribution >= 4 is 48.2 Å². The third-order valence-electron chi connectivity index (χ3n) is 1.08. The molecule has 0 heterocycles. The quantitative estimate of drug-likeness (QED) is 0.464. The van der Waals surface area contributed by atoms with Crippen LogP contribution < -0.4 is 0 Å². The summed E-state index contributed by atoms with van der Waals surface area (Å²) in [6.45, 7) is 0. The summed E-state index contributed by atoms with van der Waals surface area (Å²) in [6.07, 6.45) is 2.11. The molecule has 10 heavy (non-hydrogen) atoms. The third kappa shape index (κ3) is 9.08. The van der Waals surface area contributed by atoms with E-state index in [0.717, 1.165) is 21.9 Å². The highest BCUT2D eigenvalue weighted by atomic mass is 35.5. The molecular formula is C5H10BCl2Si2. The van der Waals surface area contributed by atoms with Crippen LogP contribution in [0.25, 0.3) is 0 Å². The van der Waals surface area contributed by atoms with Crippen LogP contribution in [-0.4, -0.2) is 25.3 Å². The number of rotatable bonds is 6. The van der Waals surface area contributed by atoms with Crippen molar-refractivity contribution in [2.45, 2.75) is 30.9 Å². The SMILES string of the molecule is [Si]CC[Si]CCCB(Cl)Cl. The van der Waals surface area contributed by atoms with Crippen LogP contribution >= 0.6 is 22.9 Å². The molecule has 0 spiro atoms. The van der Waals surface area contributed by atoms with Crippen molar-refractivity contribution in [1.82, 2.24) is 0 Å². The zero-order valence-corrected chi connectivity index (χ0v) is 9.38. The van der Waals surface area contributed by atoms with E-state index in [1.54, 1.807) is 0 Å². The summed E-state index contributed by atoms with van der Waals surface area (Å²) in [5.74, 6) is 0. The molecule has 0 saturated carbocycles. The minimum Gasteiger partial charge on any atom is -0.172 e. The molecular weight excluding hydrogens is 198 g/mol. The first kappa shape index (κ1) is 11.1. The Kier molecular flexibility index (Phi) is 9.06. The molecule has 0 N–H and O–H groups in total. The second kappa shape index (κ2) is 8.18. The van der Waals surface area contributed by atoms with Gasteiger partial charge in [0.1, 0.15) is 0 Å². The smallest absolute Gasteiger partial charge is 0.172 e. The zero-order chi connectivity index (χ0) is 7.82. The van der Waals surface area contributed by atoms with Crippen LogP contribution in [0, 0.1) is 0 Å². The van der Waals surface area contributed by atoms with Crippen LogP contribution in [0.1, 0.15) is 6.42 Å². The Morgan fingerprint density at radius 3 is 2.50 bits per heavy atom. The van der Waals surface area contributed by atoms with E-state index >= 15 is 0 Å². The van der Waals surface area contributed by atoms with Crippen molar-refractivity contribution < 1.29 is 0 Å². The maximum atomic E-state index is 5.55. The van der Waals surface area contributed by atoms with Crippen LogP contribution in [0.4, 0.5) is 0 Å². The van der Waals surface area contributed by atoms with Gasteiger partial charge in [-0.25, -0.2) is 0 Å². The van der Waals surface area contributed by atoms with Crippen LogP contribution in [0.5, 0.6) is 0 Å². The largest absolute Gasteiger partial charge is 0.351 e. The fourth-order valence-corrected chi connectivity index (χ4v) is 2.31. The van der Waals surface area contributed by atoms with E-state index < -0.39 is 0 Å².